The third kappa shape index (κ3) is 3.54. The summed E-state index contributed by atoms with van der Waals surface area (Å²) in [5.74, 6) is -0.151. The zero-order valence-corrected chi connectivity index (χ0v) is 12.4. The third-order valence-electron chi connectivity index (χ3n) is 4.02. The van der Waals surface area contributed by atoms with E-state index in [9.17, 15) is 9.59 Å². The van der Waals surface area contributed by atoms with Gasteiger partial charge in [-0.25, -0.2) is 4.79 Å². The molecule has 0 unspecified atom stereocenters. The number of methoxy groups -OCH3 is 1. The smallest absolute Gasteiger partial charge is 0.326 e. The molecule has 1 aromatic carbocycles. The van der Waals surface area contributed by atoms with Gasteiger partial charge in [0.25, 0.3) is 0 Å². The molecule has 1 N–H and O–H groups in total. The van der Waals surface area contributed by atoms with Gasteiger partial charge in [0.05, 0.1) is 7.11 Å². The Morgan fingerprint density at radius 1 is 1.38 bits per heavy atom. The first-order chi connectivity index (χ1) is 10.0. The van der Waals surface area contributed by atoms with Crippen LogP contribution in [-0.2, 0) is 9.59 Å². The molecular weight excluding hydrogens is 270 g/mol. The fraction of sp³-hybridized carbons (Fsp3) is 0.500. The van der Waals surface area contributed by atoms with Gasteiger partial charge < -0.3 is 14.7 Å². The molecule has 21 heavy (non-hydrogen) atoms. The molecule has 1 saturated heterocycles. The van der Waals surface area contributed by atoms with Crippen molar-refractivity contribution in [3.05, 3.63) is 29.8 Å². The van der Waals surface area contributed by atoms with E-state index in [0.717, 1.165) is 17.7 Å². The van der Waals surface area contributed by atoms with Crippen LogP contribution in [0.15, 0.2) is 24.3 Å². The van der Waals surface area contributed by atoms with Gasteiger partial charge >= 0.3 is 5.97 Å². The predicted octanol–water partition coefficient (Wildman–Crippen LogP) is 2.26. The molecule has 114 valence electrons. The molecule has 0 aromatic heterocycles. The Hall–Kier alpha value is -2.04. The van der Waals surface area contributed by atoms with Gasteiger partial charge in [-0.2, -0.15) is 0 Å². The van der Waals surface area contributed by atoms with Gasteiger partial charge in [-0.05, 0) is 36.5 Å². The van der Waals surface area contributed by atoms with Crippen LogP contribution in [0, 0.1) is 0 Å². The molecule has 0 bridgehead atoms. The molecule has 0 saturated carbocycles. The Kier molecular flexibility index (Phi) is 4.83. The molecule has 2 rings (SSSR count). The van der Waals surface area contributed by atoms with Crippen LogP contribution in [0.5, 0.6) is 5.75 Å². The lowest BCUT2D eigenvalue weighted by Crippen LogP contribution is -2.40. The second-order valence-corrected chi connectivity index (χ2v) is 5.46. The zero-order valence-electron chi connectivity index (χ0n) is 12.4. The lowest BCUT2D eigenvalue weighted by Gasteiger charge is -2.23. The molecule has 5 heteroatoms. The maximum Gasteiger partial charge on any atom is 0.326 e. The first-order valence-electron chi connectivity index (χ1n) is 7.19. The third-order valence-corrected chi connectivity index (χ3v) is 4.02. The summed E-state index contributed by atoms with van der Waals surface area (Å²) in [6.45, 7) is 2.52. The highest BCUT2D eigenvalue weighted by Gasteiger charge is 2.34. The van der Waals surface area contributed by atoms with Crippen LogP contribution in [-0.4, -0.2) is 41.6 Å². The number of likely N-dealkylation sites (tertiary alicyclic amines) is 1. The summed E-state index contributed by atoms with van der Waals surface area (Å²) >= 11 is 0. The summed E-state index contributed by atoms with van der Waals surface area (Å²) in [6.07, 6.45) is 1.65. The highest BCUT2D eigenvalue weighted by Crippen LogP contribution is 2.25. The maximum atomic E-state index is 12.3. The molecule has 2 atom stereocenters. The van der Waals surface area contributed by atoms with Crippen LogP contribution in [0.25, 0.3) is 0 Å². The fourth-order valence-electron chi connectivity index (χ4n) is 2.75. The molecule has 1 heterocycles. The van der Waals surface area contributed by atoms with Crippen LogP contribution in [0.1, 0.15) is 37.7 Å². The van der Waals surface area contributed by atoms with Crippen molar-refractivity contribution in [2.24, 2.45) is 0 Å². The molecular formula is C16H21NO4. The fourth-order valence-corrected chi connectivity index (χ4v) is 2.75. The predicted molar refractivity (Wildman–Crippen MR) is 78.4 cm³/mol. The van der Waals surface area contributed by atoms with Crippen LogP contribution >= 0.6 is 0 Å². The van der Waals surface area contributed by atoms with Gasteiger partial charge in [-0.1, -0.05) is 19.1 Å². The van der Waals surface area contributed by atoms with Gasteiger partial charge in [0.1, 0.15) is 11.8 Å². The highest BCUT2D eigenvalue weighted by atomic mass is 16.5. The van der Waals surface area contributed by atoms with Crippen LogP contribution in [0.2, 0.25) is 0 Å². The van der Waals surface area contributed by atoms with Crippen molar-refractivity contribution in [3.63, 3.8) is 0 Å². The summed E-state index contributed by atoms with van der Waals surface area (Å²) < 4.78 is 5.11. The van der Waals surface area contributed by atoms with E-state index in [2.05, 4.69) is 0 Å². The summed E-state index contributed by atoms with van der Waals surface area (Å²) in [5.41, 5.74) is 1.05. The van der Waals surface area contributed by atoms with Gasteiger partial charge in [-0.15, -0.1) is 0 Å². The number of carbonyl (C=O) groups is 2. The number of carbonyl (C=O) groups excluding carboxylic acids is 1. The van der Waals surface area contributed by atoms with Crippen LogP contribution in [0.3, 0.4) is 0 Å². The molecule has 0 radical (unpaired) electrons. The second-order valence-electron chi connectivity index (χ2n) is 5.46. The van der Waals surface area contributed by atoms with E-state index in [1.165, 1.54) is 4.90 Å². The number of amides is 1. The monoisotopic (exact) mass is 291 g/mol. The van der Waals surface area contributed by atoms with E-state index in [1.807, 2.05) is 31.2 Å². The van der Waals surface area contributed by atoms with E-state index in [4.69, 9.17) is 9.84 Å². The molecule has 1 aliphatic heterocycles. The van der Waals surface area contributed by atoms with Crippen LogP contribution in [0.4, 0.5) is 0 Å². The Labute approximate surface area is 124 Å². The SMILES string of the molecule is COc1ccc([C@@H](C)CC(=O)N2CCC[C@@H]2C(=O)O)cc1. The average molecular weight is 291 g/mol. The second kappa shape index (κ2) is 6.61. The van der Waals surface area contributed by atoms with Crippen LogP contribution < -0.4 is 4.74 Å². The number of carboxylic acid groups (broad SMARTS) is 1. The number of benzene rings is 1. The largest absolute Gasteiger partial charge is 0.497 e. The molecule has 5 nitrogen and oxygen atoms in total. The highest BCUT2D eigenvalue weighted by molar-refractivity contribution is 5.84. The average Bonchev–Trinajstić information content (AvgIpc) is 2.97. The van der Waals surface area contributed by atoms with Gasteiger partial charge in [0.15, 0.2) is 0 Å². The topological polar surface area (TPSA) is 66.8 Å². The Morgan fingerprint density at radius 3 is 2.62 bits per heavy atom. The lowest BCUT2D eigenvalue weighted by molar-refractivity contribution is -0.148. The summed E-state index contributed by atoms with van der Waals surface area (Å²) in [5, 5.41) is 9.13. The molecule has 1 aliphatic rings. The van der Waals surface area contributed by atoms with Gasteiger partial charge in [-0.3, -0.25) is 4.79 Å². The maximum absolute atomic E-state index is 12.3. The first-order valence-corrected chi connectivity index (χ1v) is 7.19. The van der Waals surface area contributed by atoms with Crippen molar-refractivity contribution in [1.82, 2.24) is 4.90 Å². The van der Waals surface area contributed by atoms with Crippen molar-refractivity contribution in [2.75, 3.05) is 13.7 Å². The number of hydrogen-bond acceptors (Lipinski definition) is 3. The number of carboxylic acids is 1. The summed E-state index contributed by atoms with van der Waals surface area (Å²) in [6, 6.07) is 6.96. The zero-order chi connectivity index (χ0) is 15.4. The van der Waals surface area contributed by atoms with E-state index < -0.39 is 12.0 Å². The number of rotatable bonds is 5. The minimum atomic E-state index is -0.905. The number of ether oxygens (including phenoxy) is 1. The summed E-state index contributed by atoms with van der Waals surface area (Å²) in [7, 11) is 1.61. The van der Waals surface area contributed by atoms with E-state index in [1.54, 1.807) is 7.11 Å². The van der Waals surface area contributed by atoms with E-state index in [0.29, 0.717) is 19.4 Å². The van der Waals surface area contributed by atoms with E-state index >= 15 is 0 Å². The van der Waals surface area contributed by atoms with Crippen molar-refractivity contribution >= 4 is 11.9 Å². The van der Waals surface area contributed by atoms with Gasteiger partial charge in [0, 0.05) is 13.0 Å². The standard InChI is InChI=1S/C16H21NO4/c1-11(12-5-7-13(21-2)8-6-12)10-15(18)17-9-3-4-14(17)16(19)20/h5-8,11,14H,3-4,9-10H2,1-2H3,(H,19,20)/t11-,14+/m0/s1. The van der Waals surface area contributed by atoms with E-state index in [-0.39, 0.29) is 11.8 Å². The summed E-state index contributed by atoms with van der Waals surface area (Å²) in [4.78, 5) is 24.9. The Morgan fingerprint density at radius 2 is 2.05 bits per heavy atom. The van der Waals surface area contributed by atoms with Crippen molar-refractivity contribution in [3.8, 4) is 5.75 Å². The number of nitrogens with zero attached hydrogens (tertiary/aromatic N) is 1. The van der Waals surface area contributed by atoms with Crippen molar-refractivity contribution in [2.45, 2.75) is 38.1 Å². The number of hydrogen-bond donors (Lipinski definition) is 1. The molecule has 0 spiro atoms. The normalized spacial score (nSPS) is 19.3. The quantitative estimate of drug-likeness (QED) is 0.903. The Bertz CT molecular complexity index is 512. The minimum absolute atomic E-state index is 0.0541. The molecule has 1 fully saturated rings. The lowest BCUT2D eigenvalue weighted by atomic mass is 9.97. The van der Waals surface area contributed by atoms with Gasteiger partial charge in [0.2, 0.25) is 5.91 Å². The Balaban J connectivity index is 1.99. The van der Waals surface area contributed by atoms with Crippen molar-refractivity contribution in [1.29, 1.82) is 0 Å². The first kappa shape index (κ1) is 15.4. The molecule has 1 amide bonds. The minimum Gasteiger partial charge on any atom is -0.497 e. The number of aliphatic carboxylic acids is 1. The molecule has 1 aromatic rings. The molecule has 0 aliphatic carbocycles. The van der Waals surface area contributed by atoms with Crippen molar-refractivity contribution < 1.29 is 19.4 Å².